The molecule has 0 saturated heterocycles. The number of methoxy groups -OCH3 is 1. The van der Waals surface area contributed by atoms with Crippen LogP contribution in [0.15, 0.2) is 64.8 Å². The highest BCUT2D eigenvalue weighted by molar-refractivity contribution is 7.17. The Hall–Kier alpha value is -3.37. The second-order valence-electron chi connectivity index (χ2n) is 5.31. The van der Waals surface area contributed by atoms with Crippen LogP contribution in [0.2, 0.25) is 0 Å². The Morgan fingerprint density at radius 1 is 1.15 bits per heavy atom. The number of aromatic hydroxyl groups is 1. The Bertz CT molecular complexity index is 944. The number of nitriles is 1. The summed E-state index contributed by atoms with van der Waals surface area (Å²) < 4.78 is 5.12. The fourth-order valence-corrected chi connectivity index (χ4v) is 3.08. The molecule has 2 N–H and O–H groups in total. The zero-order valence-electron chi connectivity index (χ0n) is 14.0. The number of thiophene rings is 1. The van der Waals surface area contributed by atoms with Gasteiger partial charge in [-0.15, -0.1) is 16.5 Å². The van der Waals surface area contributed by atoms with Gasteiger partial charge in [0.25, 0.3) is 0 Å². The van der Waals surface area contributed by atoms with E-state index in [1.54, 1.807) is 7.11 Å². The lowest BCUT2D eigenvalue weighted by Gasteiger charge is -2.04. The van der Waals surface area contributed by atoms with E-state index in [1.807, 2.05) is 60.7 Å². The number of ether oxygens (including phenoxy) is 1. The summed E-state index contributed by atoms with van der Waals surface area (Å²) in [5.74, 6) is 0.614. The lowest BCUT2D eigenvalue weighted by molar-refractivity contribution is 0.414. The van der Waals surface area contributed by atoms with E-state index in [2.05, 4.69) is 15.5 Å². The van der Waals surface area contributed by atoms with Crippen molar-refractivity contribution in [3.8, 4) is 17.6 Å². The van der Waals surface area contributed by atoms with Gasteiger partial charge in [0.05, 0.1) is 13.7 Å². The number of nitrogens with one attached hydrogen (secondary N) is 1. The summed E-state index contributed by atoms with van der Waals surface area (Å²) in [6.45, 7) is 0.353. The molecular formula is C19H16N4O2S. The number of para-hydroxylation sites is 1. The highest BCUT2D eigenvalue weighted by Crippen LogP contribution is 2.46. The summed E-state index contributed by atoms with van der Waals surface area (Å²) in [5, 5.41) is 31.4. The molecule has 0 atom stereocenters. The van der Waals surface area contributed by atoms with E-state index in [0.29, 0.717) is 11.5 Å². The molecule has 3 rings (SSSR count). The molecule has 2 aromatic carbocycles. The van der Waals surface area contributed by atoms with Crippen molar-refractivity contribution in [2.75, 3.05) is 12.4 Å². The maximum Gasteiger partial charge on any atom is 0.174 e. The van der Waals surface area contributed by atoms with Crippen LogP contribution in [0.25, 0.3) is 0 Å². The Kier molecular flexibility index (Phi) is 5.46. The topological polar surface area (TPSA) is 90.0 Å². The maximum atomic E-state index is 10.2. The molecule has 1 heterocycles. The Labute approximate surface area is 155 Å². The zero-order chi connectivity index (χ0) is 18.4. The molecule has 0 fully saturated rings. The van der Waals surface area contributed by atoms with E-state index in [0.717, 1.165) is 28.3 Å². The van der Waals surface area contributed by atoms with Crippen molar-refractivity contribution in [1.82, 2.24) is 0 Å². The number of rotatable bonds is 6. The van der Waals surface area contributed by atoms with Crippen molar-refractivity contribution >= 4 is 27.7 Å². The van der Waals surface area contributed by atoms with Crippen LogP contribution in [0.3, 0.4) is 0 Å². The highest BCUT2D eigenvalue weighted by atomic mass is 32.1. The molecule has 0 radical (unpaired) electrons. The molecule has 0 spiro atoms. The molecule has 0 aliphatic rings. The third-order valence-corrected chi connectivity index (χ3v) is 4.56. The molecule has 7 heteroatoms. The first kappa shape index (κ1) is 17.5. The monoisotopic (exact) mass is 364 g/mol. The molecule has 0 unspecified atom stereocenters. The predicted octanol–water partition coefficient (Wildman–Crippen LogP) is 5.36. The quantitative estimate of drug-likeness (QED) is 0.576. The lowest BCUT2D eigenvalue weighted by Crippen LogP contribution is -1.86. The van der Waals surface area contributed by atoms with Crippen LogP contribution in [0.5, 0.6) is 11.5 Å². The molecule has 0 aliphatic heterocycles. The van der Waals surface area contributed by atoms with Crippen LogP contribution in [0, 0.1) is 11.3 Å². The first-order valence-electron chi connectivity index (χ1n) is 7.79. The van der Waals surface area contributed by atoms with Crippen LogP contribution >= 0.6 is 11.3 Å². The van der Waals surface area contributed by atoms with E-state index < -0.39 is 0 Å². The van der Waals surface area contributed by atoms with Crippen LogP contribution in [0.4, 0.5) is 16.4 Å². The van der Waals surface area contributed by atoms with Gasteiger partial charge >= 0.3 is 0 Å². The fourth-order valence-electron chi connectivity index (χ4n) is 2.24. The van der Waals surface area contributed by atoms with Gasteiger partial charge < -0.3 is 15.2 Å². The second-order valence-corrected chi connectivity index (χ2v) is 6.33. The van der Waals surface area contributed by atoms with E-state index in [-0.39, 0.29) is 16.3 Å². The highest BCUT2D eigenvalue weighted by Gasteiger charge is 2.18. The molecular weight excluding hydrogens is 348 g/mol. The van der Waals surface area contributed by atoms with Crippen molar-refractivity contribution < 1.29 is 9.84 Å². The van der Waals surface area contributed by atoms with Gasteiger partial charge in [0.15, 0.2) is 16.3 Å². The number of azo groups is 1. The maximum absolute atomic E-state index is 10.2. The van der Waals surface area contributed by atoms with E-state index in [4.69, 9.17) is 10.00 Å². The molecule has 130 valence electrons. The summed E-state index contributed by atoms with van der Waals surface area (Å²) in [6, 6.07) is 19.0. The minimum Gasteiger partial charge on any atom is -0.504 e. The fraction of sp³-hybridized carbons (Fsp3) is 0.105. The van der Waals surface area contributed by atoms with Gasteiger partial charge in [0.1, 0.15) is 16.8 Å². The van der Waals surface area contributed by atoms with Crippen molar-refractivity contribution in [1.29, 1.82) is 5.26 Å². The minimum atomic E-state index is -0.158. The van der Waals surface area contributed by atoms with Crippen molar-refractivity contribution in [3.05, 3.63) is 65.0 Å². The summed E-state index contributed by atoms with van der Waals surface area (Å²) >= 11 is 1.14. The number of benzene rings is 2. The number of anilines is 2. The molecule has 26 heavy (non-hydrogen) atoms. The molecule has 1 aromatic heterocycles. The van der Waals surface area contributed by atoms with Crippen molar-refractivity contribution in [2.24, 2.45) is 10.2 Å². The first-order valence-corrected chi connectivity index (χ1v) is 8.61. The number of nitrogens with zero attached hydrogens (tertiary/aromatic N) is 3. The predicted molar refractivity (Wildman–Crippen MR) is 102 cm³/mol. The zero-order valence-corrected chi connectivity index (χ0v) is 14.8. The molecule has 0 aliphatic carbocycles. The molecule has 6 nitrogen and oxygen atoms in total. The SMILES string of the molecule is COc1ccc(CN=Nc2c(Nc3ccccc3)sc(C#N)c2O)cc1. The largest absolute Gasteiger partial charge is 0.504 e. The Balaban J connectivity index is 1.81. The second kappa shape index (κ2) is 8.14. The van der Waals surface area contributed by atoms with Gasteiger partial charge in [0, 0.05) is 5.69 Å². The molecule has 0 saturated carbocycles. The summed E-state index contributed by atoms with van der Waals surface area (Å²) in [4.78, 5) is 0.196. The third-order valence-electron chi connectivity index (χ3n) is 3.57. The summed E-state index contributed by atoms with van der Waals surface area (Å²) in [7, 11) is 1.61. The van der Waals surface area contributed by atoms with Crippen LogP contribution in [0.1, 0.15) is 10.4 Å². The van der Waals surface area contributed by atoms with Gasteiger partial charge in [-0.05, 0) is 29.8 Å². The van der Waals surface area contributed by atoms with Crippen molar-refractivity contribution in [2.45, 2.75) is 6.54 Å². The van der Waals surface area contributed by atoms with E-state index in [9.17, 15) is 5.11 Å². The molecule has 0 bridgehead atoms. The van der Waals surface area contributed by atoms with Gasteiger partial charge in [-0.1, -0.05) is 30.3 Å². The molecule has 0 amide bonds. The first-order chi connectivity index (χ1) is 12.7. The Morgan fingerprint density at radius 2 is 1.88 bits per heavy atom. The van der Waals surface area contributed by atoms with Gasteiger partial charge in [-0.25, -0.2) is 0 Å². The number of hydrogen-bond acceptors (Lipinski definition) is 7. The normalized spacial score (nSPS) is 10.6. The lowest BCUT2D eigenvalue weighted by atomic mass is 10.2. The van der Waals surface area contributed by atoms with Crippen LogP contribution in [-0.4, -0.2) is 12.2 Å². The molecule has 3 aromatic rings. The standard InChI is InChI=1S/C19H16N4O2S/c1-25-15-9-7-13(8-10-15)12-21-23-17-18(24)16(11-20)26-19(17)22-14-5-3-2-4-6-14/h2-10,22,24H,12H2,1H3. The van der Waals surface area contributed by atoms with Gasteiger partial charge in [-0.2, -0.15) is 10.4 Å². The summed E-state index contributed by atoms with van der Waals surface area (Å²) in [6.07, 6.45) is 0. The van der Waals surface area contributed by atoms with E-state index >= 15 is 0 Å². The smallest absolute Gasteiger partial charge is 0.174 e. The van der Waals surface area contributed by atoms with Crippen LogP contribution in [-0.2, 0) is 6.54 Å². The van der Waals surface area contributed by atoms with Gasteiger partial charge in [0.2, 0.25) is 0 Å². The van der Waals surface area contributed by atoms with Crippen molar-refractivity contribution in [3.63, 3.8) is 0 Å². The third kappa shape index (κ3) is 3.99. The van der Waals surface area contributed by atoms with Gasteiger partial charge in [-0.3, -0.25) is 0 Å². The minimum absolute atomic E-state index is 0.158. The summed E-state index contributed by atoms with van der Waals surface area (Å²) in [5.41, 5.74) is 2.07. The number of hydrogen-bond donors (Lipinski definition) is 2. The average Bonchev–Trinajstić information content (AvgIpc) is 2.98. The van der Waals surface area contributed by atoms with Crippen LogP contribution < -0.4 is 10.1 Å². The average molecular weight is 364 g/mol. The van der Waals surface area contributed by atoms with E-state index in [1.165, 1.54) is 0 Å². The Morgan fingerprint density at radius 3 is 2.54 bits per heavy atom.